The second kappa shape index (κ2) is 6.53. The lowest BCUT2D eigenvalue weighted by Crippen LogP contribution is -2.35. The van der Waals surface area contributed by atoms with Crippen LogP contribution in [0.5, 0.6) is 0 Å². The van der Waals surface area contributed by atoms with E-state index >= 15 is 0 Å². The average molecular weight is 277 g/mol. The molecule has 0 saturated heterocycles. The zero-order chi connectivity index (χ0) is 14.7. The zero-order valence-electron chi connectivity index (χ0n) is 13.2. The molecule has 1 aliphatic carbocycles. The topological polar surface area (TPSA) is 38.1 Å². The van der Waals surface area contributed by atoms with Gasteiger partial charge in [0, 0.05) is 44.2 Å². The van der Waals surface area contributed by atoms with Gasteiger partial charge < -0.3 is 4.90 Å². The molecule has 1 aliphatic rings. The van der Waals surface area contributed by atoms with E-state index in [0.29, 0.717) is 17.6 Å². The van der Waals surface area contributed by atoms with Crippen molar-refractivity contribution in [2.45, 2.75) is 39.7 Å². The summed E-state index contributed by atoms with van der Waals surface area (Å²) in [5.41, 5.74) is 1.21. The molecular formula is C16H27N3O. The average Bonchev–Trinajstić information content (AvgIpc) is 2.77. The van der Waals surface area contributed by atoms with E-state index in [9.17, 15) is 4.79 Å². The Morgan fingerprint density at radius 3 is 2.85 bits per heavy atom. The maximum absolute atomic E-state index is 12.1. The molecule has 2 atom stereocenters. The van der Waals surface area contributed by atoms with Gasteiger partial charge in [-0.2, -0.15) is 5.10 Å². The normalized spacial score (nSPS) is 23.8. The second-order valence-electron chi connectivity index (χ2n) is 6.66. The van der Waals surface area contributed by atoms with Crippen molar-refractivity contribution in [1.82, 2.24) is 14.7 Å². The molecule has 0 spiro atoms. The van der Waals surface area contributed by atoms with Gasteiger partial charge in [0.05, 0.1) is 6.20 Å². The van der Waals surface area contributed by atoms with Gasteiger partial charge in [-0.25, -0.2) is 0 Å². The molecule has 2 rings (SSSR count). The lowest BCUT2D eigenvalue weighted by Gasteiger charge is -2.32. The molecule has 20 heavy (non-hydrogen) atoms. The summed E-state index contributed by atoms with van der Waals surface area (Å²) in [5.74, 6) is 2.08. The first kappa shape index (κ1) is 15.2. The fourth-order valence-electron chi connectivity index (χ4n) is 3.23. The van der Waals surface area contributed by atoms with Crippen molar-refractivity contribution in [3.8, 4) is 0 Å². The highest BCUT2D eigenvalue weighted by molar-refractivity contribution is 5.82. The number of carbonyl (C=O) groups is 1. The van der Waals surface area contributed by atoms with Crippen LogP contribution in [0.4, 0.5) is 0 Å². The third kappa shape index (κ3) is 3.92. The number of aryl methyl sites for hydroxylation is 1. The van der Waals surface area contributed by atoms with Crippen LogP contribution in [0, 0.1) is 17.8 Å². The number of rotatable bonds is 5. The number of carbonyl (C=O) groups excluding carboxylic acids is 1. The number of aromatic nitrogens is 2. The van der Waals surface area contributed by atoms with E-state index < -0.39 is 0 Å². The molecule has 0 radical (unpaired) electrons. The summed E-state index contributed by atoms with van der Waals surface area (Å²) in [6, 6.07) is 0. The van der Waals surface area contributed by atoms with Crippen molar-refractivity contribution in [2.24, 2.45) is 24.8 Å². The highest BCUT2D eigenvalue weighted by atomic mass is 16.1. The second-order valence-corrected chi connectivity index (χ2v) is 6.66. The number of hydrogen-bond donors (Lipinski definition) is 0. The van der Waals surface area contributed by atoms with Gasteiger partial charge in [-0.15, -0.1) is 0 Å². The fraction of sp³-hybridized carbons (Fsp3) is 0.750. The lowest BCUT2D eigenvalue weighted by molar-refractivity contribution is -0.126. The Labute approximate surface area is 122 Å². The SMILES string of the molecule is CC(C)C1CCC(=O)C(CN(C)Cc2cnn(C)c2)C1. The summed E-state index contributed by atoms with van der Waals surface area (Å²) in [6.45, 7) is 6.29. The molecule has 1 saturated carbocycles. The van der Waals surface area contributed by atoms with E-state index in [4.69, 9.17) is 0 Å². The molecule has 0 N–H and O–H groups in total. The molecule has 0 amide bonds. The minimum absolute atomic E-state index is 0.220. The van der Waals surface area contributed by atoms with Crippen LogP contribution < -0.4 is 0 Å². The van der Waals surface area contributed by atoms with Crippen molar-refractivity contribution in [2.75, 3.05) is 13.6 Å². The van der Waals surface area contributed by atoms with Crippen LogP contribution >= 0.6 is 0 Å². The molecule has 0 aliphatic heterocycles. The molecule has 0 bridgehead atoms. The standard InChI is InChI=1S/C16H27N3O/c1-12(2)14-5-6-16(20)15(7-14)11-18(3)9-13-8-17-19(4)10-13/h8,10,12,14-15H,5-7,9,11H2,1-4H3. The molecule has 112 valence electrons. The molecule has 1 aromatic rings. The third-order valence-corrected chi connectivity index (χ3v) is 4.49. The Bertz CT molecular complexity index is 452. The summed E-state index contributed by atoms with van der Waals surface area (Å²) < 4.78 is 1.82. The Morgan fingerprint density at radius 2 is 2.25 bits per heavy atom. The molecular weight excluding hydrogens is 250 g/mol. The minimum Gasteiger partial charge on any atom is -0.301 e. The van der Waals surface area contributed by atoms with E-state index in [0.717, 1.165) is 32.4 Å². The predicted octanol–water partition coefficient (Wildman–Crippen LogP) is 2.49. The first-order valence-electron chi connectivity index (χ1n) is 7.64. The van der Waals surface area contributed by atoms with Crippen molar-refractivity contribution < 1.29 is 4.79 Å². The van der Waals surface area contributed by atoms with E-state index in [1.807, 2.05) is 24.1 Å². The van der Waals surface area contributed by atoms with Crippen LogP contribution in [0.2, 0.25) is 0 Å². The summed E-state index contributed by atoms with van der Waals surface area (Å²) in [6.07, 6.45) is 6.85. The summed E-state index contributed by atoms with van der Waals surface area (Å²) in [7, 11) is 4.03. The Morgan fingerprint density at radius 1 is 1.50 bits per heavy atom. The van der Waals surface area contributed by atoms with Crippen molar-refractivity contribution in [3.05, 3.63) is 18.0 Å². The minimum atomic E-state index is 0.220. The van der Waals surface area contributed by atoms with Gasteiger partial charge in [-0.1, -0.05) is 13.8 Å². The smallest absolute Gasteiger partial charge is 0.137 e. The van der Waals surface area contributed by atoms with Crippen LogP contribution in [0.1, 0.15) is 38.7 Å². The summed E-state index contributed by atoms with van der Waals surface area (Å²) >= 11 is 0. The zero-order valence-corrected chi connectivity index (χ0v) is 13.2. The van der Waals surface area contributed by atoms with Gasteiger partial charge in [0.25, 0.3) is 0 Å². The maximum atomic E-state index is 12.1. The molecule has 4 nitrogen and oxygen atoms in total. The van der Waals surface area contributed by atoms with Crippen molar-refractivity contribution in [3.63, 3.8) is 0 Å². The molecule has 0 aromatic carbocycles. The van der Waals surface area contributed by atoms with Crippen LogP contribution in [-0.4, -0.2) is 34.1 Å². The number of ketones is 1. The summed E-state index contributed by atoms with van der Waals surface area (Å²) in [4.78, 5) is 14.4. The van der Waals surface area contributed by atoms with Gasteiger partial charge in [-0.3, -0.25) is 9.48 Å². The monoisotopic (exact) mass is 277 g/mol. The first-order valence-corrected chi connectivity index (χ1v) is 7.64. The predicted molar refractivity (Wildman–Crippen MR) is 80.2 cm³/mol. The fourth-order valence-corrected chi connectivity index (χ4v) is 3.23. The van der Waals surface area contributed by atoms with Crippen molar-refractivity contribution in [1.29, 1.82) is 0 Å². The van der Waals surface area contributed by atoms with Gasteiger partial charge in [0.15, 0.2) is 0 Å². The highest BCUT2D eigenvalue weighted by Crippen LogP contribution is 2.32. The molecule has 1 aromatic heterocycles. The van der Waals surface area contributed by atoms with E-state index in [1.165, 1.54) is 5.56 Å². The van der Waals surface area contributed by atoms with Crippen molar-refractivity contribution >= 4 is 5.78 Å². The number of nitrogens with zero attached hydrogens (tertiary/aromatic N) is 3. The van der Waals surface area contributed by atoms with Gasteiger partial charge in [0.2, 0.25) is 0 Å². The largest absolute Gasteiger partial charge is 0.301 e. The quantitative estimate of drug-likeness (QED) is 0.830. The van der Waals surface area contributed by atoms with Gasteiger partial charge in [-0.05, 0) is 31.7 Å². The van der Waals surface area contributed by atoms with Crippen LogP contribution in [0.15, 0.2) is 12.4 Å². The summed E-state index contributed by atoms with van der Waals surface area (Å²) in [5, 5.41) is 4.19. The van der Waals surface area contributed by atoms with Crippen LogP contribution in [0.3, 0.4) is 0 Å². The Kier molecular flexibility index (Phi) is 4.97. The van der Waals surface area contributed by atoms with Gasteiger partial charge >= 0.3 is 0 Å². The number of hydrogen-bond acceptors (Lipinski definition) is 3. The Balaban J connectivity index is 1.88. The molecule has 1 heterocycles. The van der Waals surface area contributed by atoms with E-state index in [-0.39, 0.29) is 5.92 Å². The molecule has 1 fully saturated rings. The Hall–Kier alpha value is -1.16. The number of Topliss-reactive ketones (excluding diaryl/α,β-unsaturated/α-hetero) is 1. The van der Waals surface area contributed by atoms with E-state index in [1.54, 1.807) is 0 Å². The first-order chi connectivity index (χ1) is 9.45. The van der Waals surface area contributed by atoms with Crippen LogP contribution in [-0.2, 0) is 18.4 Å². The lowest BCUT2D eigenvalue weighted by atomic mass is 9.75. The molecule has 4 heteroatoms. The van der Waals surface area contributed by atoms with E-state index in [2.05, 4.69) is 30.9 Å². The third-order valence-electron chi connectivity index (χ3n) is 4.49. The van der Waals surface area contributed by atoms with Crippen LogP contribution in [0.25, 0.3) is 0 Å². The highest BCUT2D eigenvalue weighted by Gasteiger charge is 2.30. The van der Waals surface area contributed by atoms with Gasteiger partial charge in [0.1, 0.15) is 5.78 Å². The maximum Gasteiger partial charge on any atom is 0.137 e. The molecule has 2 unspecified atom stereocenters.